The lowest BCUT2D eigenvalue weighted by atomic mass is 10.1. The van der Waals surface area contributed by atoms with Crippen molar-refractivity contribution < 1.29 is 4.79 Å². The molecule has 4 heteroatoms. The fraction of sp³-hybridized carbons (Fsp3) is 0.538. The number of amides is 1. The van der Waals surface area contributed by atoms with E-state index in [0.717, 1.165) is 19.5 Å². The molecule has 2 N–H and O–H groups in total. The highest BCUT2D eigenvalue weighted by Crippen LogP contribution is 2.45. The highest BCUT2D eigenvalue weighted by atomic mass is 16.1. The standard InChI is InChI=1S/C13H19N3O/c1-10-5-14-6-11(2)12(10)16-8-13(3-4-13)7-15-9-17/h5-6,9H,3-4,7-8H2,1-2H3,(H,14,16)(H,15,17). The van der Waals surface area contributed by atoms with Crippen molar-refractivity contribution in [1.29, 1.82) is 0 Å². The van der Waals surface area contributed by atoms with Gasteiger partial charge in [0.05, 0.1) is 0 Å². The first-order valence-electron chi connectivity index (χ1n) is 5.99. The second-order valence-corrected chi connectivity index (χ2v) is 5.00. The number of aromatic nitrogens is 1. The zero-order chi connectivity index (χ0) is 12.3. The first-order valence-corrected chi connectivity index (χ1v) is 5.99. The van der Waals surface area contributed by atoms with Crippen molar-refractivity contribution in [3.63, 3.8) is 0 Å². The minimum absolute atomic E-state index is 0.267. The van der Waals surface area contributed by atoms with Crippen LogP contribution in [0, 0.1) is 19.3 Å². The Hall–Kier alpha value is -1.58. The first-order chi connectivity index (χ1) is 8.17. The van der Waals surface area contributed by atoms with Crippen molar-refractivity contribution in [1.82, 2.24) is 10.3 Å². The second kappa shape index (κ2) is 4.73. The van der Waals surface area contributed by atoms with Crippen LogP contribution in [0.1, 0.15) is 24.0 Å². The molecule has 2 rings (SSSR count). The number of hydrogen-bond acceptors (Lipinski definition) is 3. The van der Waals surface area contributed by atoms with Crippen LogP contribution >= 0.6 is 0 Å². The number of hydrogen-bond donors (Lipinski definition) is 2. The van der Waals surface area contributed by atoms with Crippen LogP contribution < -0.4 is 10.6 Å². The Bertz CT molecular complexity index is 393. The topological polar surface area (TPSA) is 54.0 Å². The summed E-state index contributed by atoms with van der Waals surface area (Å²) in [5.74, 6) is 0. The van der Waals surface area contributed by atoms with E-state index in [1.165, 1.54) is 29.7 Å². The Kier molecular flexibility index (Phi) is 3.31. The number of carbonyl (C=O) groups excluding carboxylic acids is 1. The normalized spacial score (nSPS) is 16.4. The molecule has 17 heavy (non-hydrogen) atoms. The van der Waals surface area contributed by atoms with E-state index in [2.05, 4.69) is 29.5 Å². The Morgan fingerprint density at radius 2 is 1.94 bits per heavy atom. The van der Waals surface area contributed by atoms with Gasteiger partial charge in [-0.3, -0.25) is 9.78 Å². The number of aryl methyl sites for hydroxylation is 2. The second-order valence-electron chi connectivity index (χ2n) is 5.00. The summed E-state index contributed by atoms with van der Waals surface area (Å²) in [6, 6.07) is 0. The van der Waals surface area contributed by atoms with E-state index in [1.54, 1.807) is 0 Å². The van der Waals surface area contributed by atoms with Gasteiger partial charge < -0.3 is 10.6 Å². The minimum atomic E-state index is 0.267. The van der Waals surface area contributed by atoms with Crippen molar-refractivity contribution in [2.24, 2.45) is 5.41 Å². The van der Waals surface area contributed by atoms with Crippen LogP contribution in [0.25, 0.3) is 0 Å². The molecule has 1 saturated carbocycles. The highest BCUT2D eigenvalue weighted by molar-refractivity contribution is 5.55. The predicted molar refractivity (Wildman–Crippen MR) is 67.9 cm³/mol. The Morgan fingerprint density at radius 3 is 2.47 bits per heavy atom. The van der Waals surface area contributed by atoms with E-state index in [1.807, 2.05) is 12.4 Å². The maximum Gasteiger partial charge on any atom is 0.207 e. The van der Waals surface area contributed by atoms with E-state index in [-0.39, 0.29) is 5.41 Å². The summed E-state index contributed by atoms with van der Waals surface area (Å²) in [6.45, 7) is 5.81. The average Bonchev–Trinajstić information content (AvgIpc) is 3.07. The van der Waals surface area contributed by atoms with Crippen LogP contribution in [0.2, 0.25) is 0 Å². The summed E-state index contributed by atoms with van der Waals surface area (Å²) in [4.78, 5) is 14.5. The molecule has 1 aromatic rings. The zero-order valence-electron chi connectivity index (χ0n) is 10.4. The maximum atomic E-state index is 10.3. The van der Waals surface area contributed by atoms with Gasteiger partial charge in [-0.2, -0.15) is 0 Å². The molecule has 1 aromatic heterocycles. The number of anilines is 1. The molecule has 0 spiro atoms. The number of carbonyl (C=O) groups is 1. The van der Waals surface area contributed by atoms with Gasteiger partial charge in [0.1, 0.15) is 0 Å². The number of nitrogens with one attached hydrogen (secondary N) is 2. The molecule has 1 fully saturated rings. The van der Waals surface area contributed by atoms with Gasteiger partial charge in [0.2, 0.25) is 6.41 Å². The Balaban J connectivity index is 1.96. The van der Waals surface area contributed by atoms with Gasteiger partial charge in [-0.15, -0.1) is 0 Å². The van der Waals surface area contributed by atoms with Crippen molar-refractivity contribution in [2.75, 3.05) is 18.4 Å². The quantitative estimate of drug-likeness (QED) is 0.734. The first kappa shape index (κ1) is 11.9. The van der Waals surface area contributed by atoms with E-state index >= 15 is 0 Å². The third kappa shape index (κ3) is 2.75. The fourth-order valence-electron chi connectivity index (χ4n) is 2.11. The number of rotatable bonds is 6. The third-order valence-corrected chi connectivity index (χ3v) is 3.48. The molecule has 92 valence electrons. The molecule has 4 nitrogen and oxygen atoms in total. The van der Waals surface area contributed by atoms with Crippen LogP contribution in [0.15, 0.2) is 12.4 Å². The largest absolute Gasteiger partial charge is 0.384 e. The minimum Gasteiger partial charge on any atom is -0.384 e. The van der Waals surface area contributed by atoms with E-state index in [4.69, 9.17) is 0 Å². The summed E-state index contributed by atoms with van der Waals surface area (Å²) in [7, 11) is 0. The van der Waals surface area contributed by atoms with Gasteiger partial charge in [0.25, 0.3) is 0 Å². The lowest BCUT2D eigenvalue weighted by Crippen LogP contribution is -2.28. The maximum absolute atomic E-state index is 10.3. The molecule has 0 bridgehead atoms. The van der Waals surface area contributed by atoms with Crippen LogP contribution in [-0.2, 0) is 4.79 Å². The Labute approximate surface area is 102 Å². The van der Waals surface area contributed by atoms with Crippen LogP contribution in [-0.4, -0.2) is 24.5 Å². The Morgan fingerprint density at radius 1 is 1.29 bits per heavy atom. The van der Waals surface area contributed by atoms with Crippen LogP contribution in [0.3, 0.4) is 0 Å². The molecule has 1 aliphatic carbocycles. The molecule has 0 radical (unpaired) electrons. The van der Waals surface area contributed by atoms with Gasteiger partial charge >= 0.3 is 0 Å². The van der Waals surface area contributed by atoms with E-state index < -0.39 is 0 Å². The molecule has 0 aliphatic heterocycles. The highest BCUT2D eigenvalue weighted by Gasteiger charge is 2.42. The summed E-state index contributed by atoms with van der Waals surface area (Å²) < 4.78 is 0. The molecule has 1 heterocycles. The molecule has 0 aromatic carbocycles. The lowest BCUT2D eigenvalue weighted by molar-refractivity contribution is -0.109. The van der Waals surface area contributed by atoms with Crippen molar-refractivity contribution in [3.8, 4) is 0 Å². The van der Waals surface area contributed by atoms with Crippen LogP contribution in [0.4, 0.5) is 5.69 Å². The third-order valence-electron chi connectivity index (χ3n) is 3.48. The predicted octanol–water partition coefficient (Wildman–Crippen LogP) is 1.64. The molecule has 0 unspecified atom stereocenters. The number of pyridine rings is 1. The van der Waals surface area contributed by atoms with Crippen molar-refractivity contribution in [3.05, 3.63) is 23.5 Å². The molecular formula is C13H19N3O. The fourth-order valence-corrected chi connectivity index (χ4v) is 2.11. The summed E-state index contributed by atoms with van der Waals surface area (Å²) in [5.41, 5.74) is 3.79. The smallest absolute Gasteiger partial charge is 0.207 e. The molecule has 0 atom stereocenters. The van der Waals surface area contributed by atoms with Gasteiger partial charge in [-0.05, 0) is 37.8 Å². The lowest BCUT2D eigenvalue weighted by Gasteiger charge is -2.18. The summed E-state index contributed by atoms with van der Waals surface area (Å²) >= 11 is 0. The van der Waals surface area contributed by atoms with Gasteiger partial charge in [0.15, 0.2) is 0 Å². The molecule has 1 aliphatic rings. The van der Waals surface area contributed by atoms with Crippen molar-refractivity contribution >= 4 is 12.1 Å². The number of nitrogens with zero attached hydrogens (tertiary/aromatic N) is 1. The van der Waals surface area contributed by atoms with Crippen molar-refractivity contribution in [2.45, 2.75) is 26.7 Å². The van der Waals surface area contributed by atoms with E-state index in [9.17, 15) is 4.79 Å². The van der Waals surface area contributed by atoms with Gasteiger partial charge in [-0.25, -0.2) is 0 Å². The van der Waals surface area contributed by atoms with Gasteiger partial charge in [-0.1, -0.05) is 0 Å². The zero-order valence-corrected chi connectivity index (χ0v) is 10.4. The average molecular weight is 233 g/mol. The summed E-state index contributed by atoms with van der Waals surface area (Å²) in [6.07, 6.45) is 6.90. The SMILES string of the molecule is Cc1cncc(C)c1NCC1(CNC=O)CC1. The summed E-state index contributed by atoms with van der Waals surface area (Å²) in [5, 5.41) is 6.28. The molecule has 0 saturated heterocycles. The van der Waals surface area contributed by atoms with Gasteiger partial charge in [0, 0.05) is 36.6 Å². The molecular weight excluding hydrogens is 214 g/mol. The molecule has 1 amide bonds. The van der Waals surface area contributed by atoms with Crippen LogP contribution in [0.5, 0.6) is 0 Å². The monoisotopic (exact) mass is 233 g/mol. The van der Waals surface area contributed by atoms with E-state index in [0.29, 0.717) is 0 Å².